The van der Waals surface area contributed by atoms with E-state index >= 15 is 0 Å². The first-order valence-corrected chi connectivity index (χ1v) is 4.64. The maximum Gasteiger partial charge on any atom is 0.180 e. The number of hydrogen-bond acceptors (Lipinski definition) is 3. The quantitative estimate of drug-likeness (QED) is 0.653. The molecule has 0 aliphatic heterocycles. The number of aliphatic hydroxyl groups excluding tert-OH is 2. The number of halogens is 3. The molecule has 0 rings (SSSR count). The number of rotatable bonds is 0. The Labute approximate surface area is 94.6 Å². The van der Waals surface area contributed by atoms with Gasteiger partial charge in [-0.3, -0.25) is 0 Å². The lowest BCUT2D eigenvalue weighted by atomic mass is 10.6. The summed E-state index contributed by atoms with van der Waals surface area (Å²) in [6, 6.07) is 0. The summed E-state index contributed by atoms with van der Waals surface area (Å²) in [6.45, 7) is 4.99. The summed E-state index contributed by atoms with van der Waals surface area (Å²) in [7, 11) is 1.00. The van der Waals surface area contributed by atoms with Gasteiger partial charge in [0.1, 0.15) is 5.78 Å². The molecule has 0 unspecified atom stereocenters. The molecular weight excluding hydrogens is 238 g/mol. The highest BCUT2D eigenvalue weighted by Gasteiger charge is 1.78. The van der Waals surface area contributed by atoms with Crippen LogP contribution in [0.25, 0.3) is 0 Å². The molecule has 0 saturated carbocycles. The molecule has 0 amide bonds. The van der Waals surface area contributed by atoms with Crippen LogP contribution in [-0.2, 0) is 4.79 Å². The molecule has 3 nitrogen and oxygen atoms in total. The molecule has 0 aromatic rings. The van der Waals surface area contributed by atoms with E-state index in [0.717, 1.165) is 7.11 Å². The first kappa shape index (κ1) is 23.4. The molecule has 0 aliphatic carbocycles. The summed E-state index contributed by atoms with van der Waals surface area (Å²) in [4.78, 5) is 9.44. The highest BCUT2D eigenvalue weighted by atomic mass is 35.6. The van der Waals surface area contributed by atoms with Gasteiger partial charge in [-0.1, -0.05) is 34.8 Å². The molecule has 0 aliphatic rings. The van der Waals surface area contributed by atoms with E-state index in [4.69, 9.17) is 45.0 Å². The van der Waals surface area contributed by atoms with E-state index in [9.17, 15) is 4.79 Å². The highest BCUT2D eigenvalue weighted by molar-refractivity contribution is 6.63. The lowest BCUT2D eigenvalue weighted by Gasteiger charge is -1.69. The minimum atomic E-state index is -0.750. The Morgan fingerprint density at radius 3 is 1.23 bits per heavy atom. The van der Waals surface area contributed by atoms with Crippen LogP contribution in [0.5, 0.6) is 0 Å². The number of carbonyl (C=O) groups is 1. The number of hydrogen-bond donors (Lipinski definition) is 2. The Hall–Kier alpha value is 0.460. The number of Topliss-reactive ketones (excluding diaryl/α,β-unsaturated/α-hetero) is 1. The van der Waals surface area contributed by atoms with Crippen molar-refractivity contribution < 1.29 is 15.0 Å². The van der Waals surface area contributed by atoms with E-state index in [1.54, 1.807) is 6.92 Å². The van der Waals surface area contributed by atoms with Crippen LogP contribution in [0, 0.1) is 0 Å². The zero-order valence-corrected chi connectivity index (χ0v) is 10.5. The molecule has 2 N–H and O–H groups in total. The van der Waals surface area contributed by atoms with Crippen LogP contribution in [-0.4, -0.2) is 34.0 Å². The van der Waals surface area contributed by atoms with E-state index in [2.05, 4.69) is 0 Å². The van der Waals surface area contributed by atoms with Gasteiger partial charge >= 0.3 is 0 Å². The normalized spacial score (nSPS) is 6.62. The van der Waals surface area contributed by atoms with Crippen molar-refractivity contribution in [2.45, 2.75) is 25.1 Å². The third-order valence-electron chi connectivity index (χ3n) is 0. The average Bonchev–Trinajstić information content (AvgIpc) is 1.89. The largest absolute Gasteiger partial charge is 0.400 e. The Morgan fingerprint density at radius 1 is 1.23 bits per heavy atom. The molecule has 0 spiro atoms. The summed E-state index contributed by atoms with van der Waals surface area (Å²) < 4.78 is -0.750. The van der Waals surface area contributed by atoms with E-state index in [1.165, 1.54) is 13.8 Å². The van der Waals surface area contributed by atoms with E-state index in [-0.39, 0.29) is 12.4 Å². The second-order valence-corrected chi connectivity index (χ2v) is 3.45. The van der Waals surface area contributed by atoms with E-state index < -0.39 is 4.30 Å². The first-order chi connectivity index (χ1) is 5.88. The van der Waals surface area contributed by atoms with Crippen LogP contribution in [0.4, 0.5) is 0 Å². The fourth-order valence-electron chi connectivity index (χ4n) is 0. The van der Waals surface area contributed by atoms with E-state index in [0.29, 0.717) is 0 Å². The molecule has 0 aromatic heterocycles. The zero-order valence-electron chi connectivity index (χ0n) is 8.22. The second kappa shape index (κ2) is 29.4. The van der Waals surface area contributed by atoms with Gasteiger partial charge in [-0.25, -0.2) is 0 Å². The summed E-state index contributed by atoms with van der Waals surface area (Å²) in [5.74, 6) is 0.167. The molecule has 6 heteroatoms. The molecule has 84 valence electrons. The fourth-order valence-corrected chi connectivity index (χ4v) is 0. The van der Waals surface area contributed by atoms with Crippen LogP contribution in [0.1, 0.15) is 20.8 Å². The van der Waals surface area contributed by atoms with Crippen molar-refractivity contribution in [1.82, 2.24) is 0 Å². The van der Waals surface area contributed by atoms with Crippen LogP contribution >= 0.6 is 34.8 Å². The minimum Gasteiger partial charge on any atom is -0.400 e. The third kappa shape index (κ3) is 6440. The number of alkyl halides is 3. The van der Waals surface area contributed by atoms with Gasteiger partial charge < -0.3 is 15.0 Å². The second-order valence-electron chi connectivity index (χ2n) is 1.47. The molecule has 0 aromatic carbocycles. The first-order valence-electron chi connectivity index (χ1n) is 3.33. The number of ketones is 1. The zero-order chi connectivity index (χ0) is 11.9. The van der Waals surface area contributed by atoms with Crippen LogP contribution in [0.2, 0.25) is 0 Å². The fraction of sp³-hybridized carbons (Fsp3) is 0.857. The summed E-state index contributed by atoms with van der Waals surface area (Å²) in [5, 5.41) is 14.6. The molecule has 0 bridgehead atoms. The molecule has 0 atom stereocenters. The lowest BCUT2D eigenvalue weighted by molar-refractivity contribution is -0.114. The predicted octanol–water partition coefficient (Wildman–Crippen LogP) is 2.19. The van der Waals surface area contributed by atoms with E-state index in [1.807, 2.05) is 0 Å². The van der Waals surface area contributed by atoms with Gasteiger partial charge in [-0.05, 0) is 20.8 Å². The van der Waals surface area contributed by atoms with Gasteiger partial charge in [0.15, 0.2) is 4.30 Å². The van der Waals surface area contributed by atoms with Crippen molar-refractivity contribution >= 4 is 40.6 Å². The van der Waals surface area contributed by atoms with Gasteiger partial charge in [0.2, 0.25) is 0 Å². The molecule has 0 fully saturated rings. The number of aliphatic hydroxyl groups is 2. The maximum atomic E-state index is 9.44. The molecular formula is C7H17Cl3O3. The Morgan fingerprint density at radius 2 is 1.23 bits per heavy atom. The summed E-state index contributed by atoms with van der Waals surface area (Å²) in [6.07, 6.45) is 0. The topological polar surface area (TPSA) is 57.5 Å². The highest BCUT2D eigenvalue weighted by Crippen LogP contribution is 2.03. The minimum absolute atomic E-state index is 0.167. The Balaban J connectivity index is -0.0000000431. The third-order valence-corrected chi connectivity index (χ3v) is 0. The summed E-state index contributed by atoms with van der Waals surface area (Å²) in [5.41, 5.74) is 0. The summed E-state index contributed by atoms with van der Waals surface area (Å²) >= 11 is 14.4. The van der Waals surface area contributed by atoms with Gasteiger partial charge in [0.25, 0.3) is 0 Å². The van der Waals surface area contributed by atoms with Crippen molar-refractivity contribution in [3.05, 3.63) is 0 Å². The van der Waals surface area contributed by atoms with Crippen molar-refractivity contribution in [2.24, 2.45) is 0 Å². The Bertz CT molecular complexity index is 72.6. The average molecular weight is 256 g/mol. The van der Waals surface area contributed by atoms with Crippen LogP contribution in [0.3, 0.4) is 0 Å². The van der Waals surface area contributed by atoms with Crippen LogP contribution < -0.4 is 0 Å². The van der Waals surface area contributed by atoms with Crippen molar-refractivity contribution in [3.8, 4) is 0 Å². The van der Waals surface area contributed by atoms with Crippen LogP contribution in [0.15, 0.2) is 0 Å². The molecule has 13 heavy (non-hydrogen) atoms. The SMILES string of the molecule is CC(C)=O.CCO.CO.ClC(Cl)Cl. The number of carbonyl (C=O) groups excluding carboxylic acids is 1. The molecule has 0 radical (unpaired) electrons. The standard InChI is InChI=1S/C3H6O.C2H6O.CHCl3.CH4O/c1-3(2)4;1-2-3;2-1(3)4;1-2/h1-2H3;3H,2H2,1H3;1H;2H,1H3. The van der Waals surface area contributed by atoms with Crippen molar-refractivity contribution in [3.63, 3.8) is 0 Å². The molecule has 0 heterocycles. The smallest absolute Gasteiger partial charge is 0.180 e. The van der Waals surface area contributed by atoms with Gasteiger partial charge in [0.05, 0.1) is 0 Å². The Kier molecular flexibility index (Phi) is 52.8. The van der Waals surface area contributed by atoms with Gasteiger partial charge in [-0.15, -0.1) is 0 Å². The van der Waals surface area contributed by atoms with Crippen molar-refractivity contribution in [2.75, 3.05) is 13.7 Å². The molecule has 0 saturated heterocycles. The van der Waals surface area contributed by atoms with Gasteiger partial charge in [-0.2, -0.15) is 0 Å². The monoisotopic (exact) mass is 254 g/mol. The lowest BCUT2D eigenvalue weighted by Crippen LogP contribution is -1.69. The predicted molar refractivity (Wildman–Crippen MR) is 58.6 cm³/mol. The van der Waals surface area contributed by atoms with Gasteiger partial charge in [0, 0.05) is 13.7 Å². The maximum absolute atomic E-state index is 9.44. The van der Waals surface area contributed by atoms with Crippen molar-refractivity contribution in [1.29, 1.82) is 0 Å².